The second kappa shape index (κ2) is 6.17. The Morgan fingerprint density at radius 2 is 2.05 bits per heavy atom. The summed E-state index contributed by atoms with van der Waals surface area (Å²) in [6.45, 7) is 6.68. The van der Waals surface area contributed by atoms with Crippen molar-refractivity contribution in [2.45, 2.75) is 77.0 Å². The molecule has 4 heteroatoms. The number of piperidine rings is 1. The van der Waals surface area contributed by atoms with E-state index < -0.39 is 0 Å². The van der Waals surface area contributed by atoms with E-state index in [-0.39, 0.29) is 0 Å². The molecule has 0 saturated carbocycles. The molecule has 3 rings (SSSR count). The molecule has 0 spiro atoms. The van der Waals surface area contributed by atoms with Crippen molar-refractivity contribution in [1.29, 1.82) is 0 Å². The number of anilines is 1. The van der Waals surface area contributed by atoms with Crippen LogP contribution in [0.4, 0.5) is 5.95 Å². The Balaban J connectivity index is 1.74. The predicted molar refractivity (Wildman–Crippen MR) is 83.1 cm³/mol. The van der Waals surface area contributed by atoms with Gasteiger partial charge in [0.05, 0.1) is 0 Å². The molecule has 20 heavy (non-hydrogen) atoms. The number of hydrogen-bond acceptors (Lipinski definition) is 3. The lowest BCUT2D eigenvalue weighted by Gasteiger charge is -2.38. The van der Waals surface area contributed by atoms with Crippen LogP contribution in [0.5, 0.6) is 0 Å². The SMILES string of the molecule is CCCCn1ccnc1N(CC)C1CC2CCC(C1)N2. The molecule has 2 atom stereocenters. The minimum Gasteiger partial charge on any atom is -0.339 e. The van der Waals surface area contributed by atoms with Gasteiger partial charge in [0.1, 0.15) is 0 Å². The molecule has 1 aromatic rings. The molecule has 2 aliphatic rings. The molecule has 0 amide bonds. The lowest BCUT2D eigenvalue weighted by molar-refractivity contribution is 0.345. The van der Waals surface area contributed by atoms with E-state index in [4.69, 9.17) is 0 Å². The molecule has 2 aliphatic heterocycles. The van der Waals surface area contributed by atoms with Crippen molar-refractivity contribution in [3.05, 3.63) is 12.4 Å². The van der Waals surface area contributed by atoms with Gasteiger partial charge in [-0.3, -0.25) is 0 Å². The van der Waals surface area contributed by atoms with Crippen LogP contribution >= 0.6 is 0 Å². The lowest BCUT2D eigenvalue weighted by atomic mass is 9.98. The third-order valence-corrected chi connectivity index (χ3v) is 4.93. The molecule has 4 nitrogen and oxygen atoms in total. The van der Waals surface area contributed by atoms with Gasteiger partial charge in [-0.1, -0.05) is 13.3 Å². The van der Waals surface area contributed by atoms with Gasteiger partial charge in [-0.15, -0.1) is 0 Å². The van der Waals surface area contributed by atoms with Crippen molar-refractivity contribution in [3.63, 3.8) is 0 Å². The summed E-state index contributed by atoms with van der Waals surface area (Å²) in [5.41, 5.74) is 0. The van der Waals surface area contributed by atoms with Crippen LogP contribution in [0.25, 0.3) is 0 Å². The zero-order valence-corrected chi connectivity index (χ0v) is 12.9. The Kier molecular flexibility index (Phi) is 4.29. The zero-order chi connectivity index (χ0) is 13.9. The average Bonchev–Trinajstić information content (AvgIpc) is 3.04. The van der Waals surface area contributed by atoms with Gasteiger partial charge in [0.2, 0.25) is 5.95 Å². The molecule has 1 N–H and O–H groups in total. The number of aromatic nitrogens is 2. The van der Waals surface area contributed by atoms with Crippen LogP contribution in [0.3, 0.4) is 0 Å². The van der Waals surface area contributed by atoms with E-state index in [1.165, 1.54) is 44.5 Å². The predicted octanol–water partition coefficient (Wildman–Crippen LogP) is 2.79. The molecule has 3 heterocycles. The Morgan fingerprint density at radius 3 is 2.70 bits per heavy atom. The van der Waals surface area contributed by atoms with Crippen molar-refractivity contribution in [2.24, 2.45) is 0 Å². The molecule has 2 saturated heterocycles. The van der Waals surface area contributed by atoms with Crippen LogP contribution in [0, 0.1) is 0 Å². The van der Waals surface area contributed by atoms with E-state index in [1.54, 1.807) is 0 Å². The summed E-state index contributed by atoms with van der Waals surface area (Å²) in [7, 11) is 0. The third kappa shape index (κ3) is 2.71. The van der Waals surface area contributed by atoms with Crippen LogP contribution in [-0.2, 0) is 6.54 Å². The average molecular weight is 276 g/mol. The monoisotopic (exact) mass is 276 g/mol. The number of nitrogens with zero attached hydrogens (tertiary/aromatic N) is 3. The second-order valence-corrected chi connectivity index (χ2v) is 6.32. The quantitative estimate of drug-likeness (QED) is 0.867. The zero-order valence-electron chi connectivity index (χ0n) is 12.9. The Bertz CT molecular complexity index is 416. The molecule has 0 radical (unpaired) electrons. The van der Waals surface area contributed by atoms with Crippen molar-refractivity contribution < 1.29 is 0 Å². The fourth-order valence-corrected chi connectivity index (χ4v) is 3.91. The van der Waals surface area contributed by atoms with E-state index in [1.807, 2.05) is 6.20 Å². The largest absolute Gasteiger partial charge is 0.339 e. The van der Waals surface area contributed by atoms with Crippen LogP contribution in [0.15, 0.2) is 12.4 Å². The fraction of sp³-hybridized carbons (Fsp3) is 0.812. The highest BCUT2D eigenvalue weighted by atomic mass is 15.3. The number of aryl methyl sites for hydroxylation is 1. The van der Waals surface area contributed by atoms with E-state index in [2.05, 4.69) is 39.8 Å². The maximum absolute atomic E-state index is 4.65. The van der Waals surface area contributed by atoms with Gasteiger partial charge in [0.25, 0.3) is 0 Å². The van der Waals surface area contributed by atoms with Crippen LogP contribution in [0.1, 0.15) is 52.4 Å². The molecule has 2 fully saturated rings. The molecule has 0 aromatic carbocycles. The van der Waals surface area contributed by atoms with Crippen molar-refractivity contribution >= 4 is 5.95 Å². The first-order valence-electron chi connectivity index (χ1n) is 8.35. The Labute approximate surface area is 122 Å². The summed E-state index contributed by atoms with van der Waals surface area (Å²) in [5, 5.41) is 3.74. The summed E-state index contributed by atoms with van der Waals surface area (Å²) in [4.78, 5) is 7.20. The van der Waals surface area contributed by atoms with Gasteiger partial charge in [-0.05, 0) is 39.0 Å². The fourth-order valence-electron chi connectivity index (χ4n) is 3.91. The minimum atomic E-state index is 0.668. The number of nitrogens with one attached hydrogen (secondary N) is 1. The highest BCUT2D eigenvalue weighted by Gasteiger charge is 2.36. The van der Waals surface area contributed by atoms with Crippen LogP contribution in [0.2, 0.25) is 0 Å². The maximum atomic E-state index is 4.65. The van der Waals surface area contributed by atoms with Crippen LogP contribution in [-0.4, -0.2) is 34.2 Å². The second-order valence-electron chi connectivity index (χ2n) is 6.32. The van der Waals surface area contributed by atoms with Gasteiger partial charge in [0.15, 0.2) is 0 Å². The highest BCUT2D eigenvalue weighted by Crippen LogP contribution is 2.31. The molecule has 0 aliphatic carbocycles. The number of imidazole rings is 1. The van der Waals surface area contributed by atoms with Crippen molar-refractivity contribution in [1.82, 2.24) is 14.9 Å². The van der Waals surface area contributed by atoms with E-state index in [0.29, 0.717) is 6.04 Å². The highest BCUT2D eigenvalue weighted by molar-refractivity contribution is 5.33. The molecular formula is C16H28N4. The van der Waals surface area contributed by atoms with Crippen molar-refractivity contribution in [3.8, 4) is 0 Å². The molecule has 2 unspecified atom stereocenters. The van der Waals surface area contributed by atoms with Gasteiger partial charge >= 0.3 is 0 Å². The van der Waals surface area contributed by atoms with E-state index in [9.17, 15) is 0 Å². The first kappa shape index (κ1) is 13.9. The van der Waals surface area contributed by atoms with Gasteiger partial charge < -0.3 is 14.8 Å². The van der Waals surface area contributed by atoms with Gasteiger partial charge in [0, 0.05) is 43.6 Å². The lowest BCUT2D eigenvalue weighted by Crippen LogP contribution is -2.49. The van der Waals surface area contributed by atoms with Crippen molar-refractivity contribution in [2.75, 3.05) is 11.4 Å². The maximum Gasteiger partial charge on any atom is 0.205 e. The van der Waals surface area contributed by atoms with E-state index >= 15 is 0 Å². The van der Waals surface area contributed by atoms with Gasteiger partial charge in [-0.2, -0.15) is 0 Å². The van der Waals surface area contributed by atoms with Crippen LogP contribution < -0.4 is 10.2 Å². The normalized spacial score (nSPS) is 28.8. The first-order valence-corrected chi connectivity index (χ1v) is 8.35. The molecule has 2 bridgehead atoms. The van der Waals surface area contributed by atoms with E-state index in [0.717, 1.165) is 25.2 Å². The Morgan fingerprint density at radius 1 is 1.30 bits per heavy atom. The number of hydrogen-bond donors (Lipinski definition) is 1. The number of rotatable bonds is 6. The minimum absolute atomic E-state index is 0.668. The molecule has 1 aromatic heterocycles. The summed E-state index contributed by atoms with van der Waals surface area (Å²) in [6.07, 6.45) is 11.9. The topological polar surface area (TPSA) is 33.1 Å². The number of unbranched alkanes of at least 4 members (excludes halogenated alkanes) is 1. The third-order valence-electron chi connectivity index (χ3n) is 4.93. The summed E-state index contributed by atoms with van der Waals surface area (Å²) in [6, 6.07) is 2.15. The number of fused-ring (bicyclic) bond motifs is 2. The molecule has 112 valence electrons. The van der Waals surface area contributed by atoms with Gasteiger partial charge in [-0.25, -0.2) is 4.98 Å². The first-order chi connectivity index (χ1) is 9.81. The summed E-state index contributed by atoms with van der Waals surface area (Å²) >= 11 is 0. The molecular weight excluding hydrogens is 248 g/mol. The Hall–Kier alpha value is -1.03. The smallest absolute Gasteiger partial charge is 0.205 e. The summed E-state index contributed by atoms with van der Waals surface area (Å²) in [5.74, 6) is 1.19. The standard InChI is InChI=1S/C16H28N4/c1-3-5-9-19-10-8-17-16(19)20(4-2)15-11-13-6-7-14(12-15)18-13/h8,10,13-15,18H,3-7,9,11-12H2,1-2H3. The summed E-state index contributed by atoms with van der Waals surface area (Å²) < 4.78 is 2.34.